The molecule has 0 aromatic carbocycles. The van der Waals surface area contributed by atoms with Crippen molar-refractivity contribution in [1.82, 2.24) is 15.2 Å². The fraction of sp³-hybridized carbons (Fsp3) is 0.500. The van der Waals surface area contributed by atoms with Crippen molar-refractivity contribution < 1.29 is 0 Å². The van der Waals surface area contributed by atoms with Gasteiger partial charge in [0.2, 0.25) is 0 Å². The Labute approximate surface area is 59.5 Å². The molecule has 0 fully saturated rings. The largest absolute Gasteiger partial charge is 0.328 e. The van der Waals surface area contributed by atoms with E-state index in [9.17, 15) is 0 Å². The second-order valence-corrected chi connectivity index (χ2v) is 2.24. The summed E-state index contributed by atoms with van der Waals surface area (Å²) in [6, 6.07) is 0.101. The standard InChI is InChI=1S/C6H10N4/c1-5(7)4-6-8-2-3-9-10-6/h2-3,5H,4,7H2,1H3. The molecule has 4 heteroatoms. The van der Waals surface area contributed by atoms with Gasteiger partial charge in [0, 0.05) is 18.7 Å². The fourth-order valence-corrected chi connectivity index (χ4v) is 0.656. The monoisotopic (exact) mass is 138 g/mol. The Morgan fingerprint density at radius 3 is 2.90 bits per heavy atom. The van der Waals surface area contributed by atoms with Crippen LogP contribution in [0.25, 0.3) is 0 Å². The summed E-state index contributed by atoms with van der Waals surface area (Å²) in [5, 5.41) is 7.45. The van der Waals surface area contributed by atoms with E-state index in [4.69, 9.17) is 5.73 Å². The van der Waals surface area contributed by atoms with E-state index in [-0.39, 0.29) is 6.04 Å². The van der Waals surface area contributed by atoms with Gasteiger partial charge in [-0.15, -0.1) is 5.10 Å². The molecule has 4 nitrogen and oxygen atoms in total. The Hall–Kier alpha value is -1.03. The van der Waals surface area contributed by atoms with Gasteiger partial charge < -0.3 is 5.73 Å². The normalized spacial score (nSPS) is 13.0. The van der Waals surface area contributed by atoms with E-state index in [1.165, 1.54) is 0 Å². The van der Waals surface area contributed by atoms with Gasteiger partial charge in [-0.2, -0.15) is 5.10 Å². The van der Waals surface area contributed by atoms with Crippen LogP contribution in [-0.2, 0) is 6.42 Å². The Morgan fingerprint density at radius 2 is 2.40 bits per heavy atom. The van der Waals surface area contributed by atoms with Crippen molar-refractivity contribution in [2.75, 3.05) is 0 Å². The number of nitrogens with zero attached hydrogens (tertiary/aromatic N) is 3. The first-order chi connectivity index (χ1) is 4.79. The van der Waals surface area contributed by atoms with Crippen LogP contribution in [0.15, 0.2) is 12.4 Å². The SMILES string of the molecule is CC(N)Cc1nccnn1. The number of hydrogen-bond acceptors (Lipinski definition) is 4. The highest BCUT2D eigenvalue weighted by atomic mass is 15.1. The molecule has 54 valence electrons. The summed E-state index contributed by atoms with van der Waals surface area (Å²) in [5.74, 6) is 0.706. The molecule has 0 spiro atoms. The first-order valence-electron chi connectivity index (χ1n) is 3.17. The Morgan fingerprint density at radius 1 is 1.60 bits per heavy atom. The summed E-state index contributed by atoms with van der Waals surface area (Å²) in [6.07, 6.45) is 3.85. The number of hydrogen-bond donors (Lipinski definition) is 1. The maximum absolute atomic E-state index is 5.52. The van der Waals surface area contributed by atoms with Crippen molar-refractivity contribution in [1.29, 1.82) is 0 Å². The second kappa shape index (κ2) is 3.22. The van der Waals surface area contributed by atoms with E-state index >= 15 is 0 Å². The molecule has 10 heavy (non-hydrogen) atoms. The minimum atomic E-state index is 0.101. The molecule has 1 unspecified atom stereocenters. The summed E-state index contributed by atoms with van der Waals surface area (Å²) in [7, 11) is 0. The van der Waals surface area contributed by atoms with Gasteiger partial charge >= 0.3 is 0 Å². The lowest BCUT2D eigenvalue weighted by atomic mass is 10.2. The number of nitrogens with two attached hydrogens (primary N) is 1. The molecule has 1 heterocycles. The van der Waals surface area contributed by atoms with Gasteiger partial charge in [0.15, 0.2) is 5.82 Å². The van der Waals surface area contributed by atoms with E-state index in [0.29, 0.717) is 12.2 Å². The van der Waals surface area contributed by atoms with Crippen LogP contribution in [0.2, 0.25) is 0 Å². The van der Waals surface area contributed by atoms with Gasteiger partial charge in [0.25, 0.3) is 0 Å². The van der Waals surface area contributed by atoms with Crippen LogP contribution in [0.1, 0.15) is 12.7 Å². The molecule has 2 N–H and O–H groups in total. The molecule has 1 atom stereocenters. The third-order valence-electron chi connectivity index (χ3n) is 1.03. The maximum Gasteiger partial charge on any atom is 0.152 e. The molecule has 0 saturated carbocycles. The van der Waals surface area contributed by atoms with Crippen molar-refractivity contribution in [3.63, 3.8) is 0 Å². The first kappa shape index (κ1) is 7.08. The zero-order valence-corrected chi connectivity index (χ0v) is 5.86. The molecule has 1 aromatic rings. The van der Waals surface area contributed by atoms with E-state index in [2.05, 4.69) is 15.2 Å². The number of aromatic nitrogens is 3. The fourth-order valence-electron chi connectivity index (χ4n) is 0.656. The highest BCUT2D eigenvalue weighted by Gasteiger charge is 1.98. The van der Waals surface area contributed by atoms with Crippen molar-refractivity contribution in [2.24, 2.45) is 5.73 Å². The lowest BCUT2D eigenvalue weighted by molar-refractivity contribution is 0.685. The van der Waals surface area contributed by atoms with Crippen LogP contribution in [0.5, 0.6) is 0 Å². The quantitative estimate of drug-likeness (QED) is 0.612. The summed E-state index contributed by atoms with van der Waals surface area (Å²) in [6.45, 7) is 1.91. The van der Waals surface area contributed by atoms with Crippen LogP contribution >= 0.6 is 0 Å². The molecule has 1 aromatic heterocycles. The van der Waals surface area contributed by atoms with Crippen LogP contribution in [0.3, 0.4) is 0 Å². The average molecular weight is 138 g/mol. The third kappa shape index (κ3) is 2.06. The minimum Gasteiger partial charge on any atom is -0.328 e. The predicted molar refractivity (Wildman–Crippen MR) is 37.2 cm³/mol. The molecular weight excluding hydrogens is 128 g/mol. The highest BCUT2D eigenvalue weighted by Crippen LogP contribution is 1.89. The van der Waals surface area contributed by atoms with Gasteiger partial charge in [-0.05, 0) is 6.92 Å². The average Bonchev–Trinajstić information content (AvgIpc) is 1.88. The van der Waals surface area contributed by atoms with Crippen LogP contribution in [-0.4, -0.2) is 21.2 Å². The lowest BCUT2D eigenvalue weighted by Crippen LogP contribution is -2.19. The van der Waals surface area contributed by atoms with Gasteiger partial charge in [0.05, 0.1) is 6.20 Å². The topological polar surface area (TPSA) is 64.7 Å². The summed E-state index contributed by atoms with van der Waals surface area (Å²) in [4.78, 5) is 3.97. The maximum atomic E-state index is 5.52. The second-order valence-electron chi connectivity index (χ2n) is 2.24. The molecule has 0 amide bonds. The Kier molecular flexibility index (Phi) is 2.28. The summed E-state index contributed by atoms with van der Waals surface area (Å²) >= 11 is 0. The first-order valence-corrected chi connectivity index (χ1v) is 3.17. The molecule has 1 rings (SSSR count). The smallest absolute Gasteiger partial charge is 0.152 e. The predicted octanol–water partition coefficient (Wildman–Crippen LogP) is -0.239. The molecule has 0 aliphatic heterocycles. The van der Waals surface area contributed by atoms with E-state index in [1.807, 2.05) is 6.92 Å². The van der Waals surface area contributed by atoms with E-state index in [1.54, 1.807) is 12.4 Å². The minimum absolute atomic E-state index is 0.101. The third-order valence-corrected chi connectivity index (χ3v) is 1.03. The van der Waals surface area contributed by atoms with Crippen LogP contribution in [0, 0.1) is 0 Å². The van der Waals surface area contributed by atoms with Gasteiger partial charge in [-0.3, -0.25) is 0 Å². The van der Waals surface area contributed by atoms with Crippen molar-refractivity contribution in [3.05, 3.63) is 18.2 Å². The van der Waals surface area contributed by atoms with Crippen molar-refractivity contribution >= 4 is 0 Å². The highest BCUT2D eigenvalue weighted by molar-refractivity contribution is 4.84. The number of rotatable bonds is 2. The summed E-state index contributed by atoms with van der Waals surface area (Å²) < 4.78 is 0. The molecule has 0 aliphatic carbocycles. The molecule has 0 saturated heterocycles. The van der Waals surface area contributed by atoms with Gasteiger partial charge in [-0.25, -0.2) is 4.98 Å². The van der Waals surface area contributed by atoms with Crippen LogP contribution in [0.4, 0.5) is 0 Å². The Balaban J connectivity index is 2.59. The molecule has 0 bridgehead atoms. The van der Waals surface area contributed by atoms with Gasteiger partial charge in [-0.1, -0.05) is 0 Å². The van der Waals surface area contributed by atoms with Crippen molar-refractivity contribution in [2.45, 2.75) is 19.4 Å². The summed E-state index contributed by atoms with van der Waals surface area (Å²) in [5.41, 5.74) is 5.52. The molecule has 0 radical (unpaired) electrons. The molecular formula is C6H10N4. The van der Waals surface area contributed by atoms with E-state index in [0.717, 1.165) is 0 Å². The van der Waals surface area contributed by atoms with E-state index < -0.39 is 0 Å². The lowest BCUT2D eigenvalue weighted by Gasteiger charge is -1.99. The van der Waals surface area contributed by atoms with Crippen LogP contribution < -0.4 is 5.73 Å². The molecule has 0 aliphatic rings. The Bertz CT molecular complexity index is 184. The van der Waals surface area contributed by atoms with Crippen molar-refractivity contribution in [3.8, 4) is 0 Å². The zero-order valence-electron chi connectivity index (χ0n) is 5.86. The van der Waals surface area contributed by atoms with Gasteiger partial charge in [0.1, 0.15) is 0 Å². The zero-order chi connectivity index (χ0) is 7.40.